The Morgan fingerprint density at radius 3 is 2.78 bits per heavy atom. The van der Waals surface area contributed by atoms with Gasteiger partial charge in [0.15, 0.2) is 0 Å². The van der Waals surface area contributed by atoms with E-state index < -0.39 is 5.60 Å². The van der Waals surface area contributed by atoms with Crippen LogP contribution in [0.4, 0.5) is 0 Å². The first-order chi connectivity index (χ1) is 8.46. The van der Waals surface area contributed by atoms with E-state index in [1.54, 1.807) is 0 Å². The van der Waals surface area contributed by atoms with Gasteiger partial charge >= 0.3 is 5.97 Å². The number of rotatable bonds is 3. The third-order valence-corrected chi connectivity index (χ3v) is 3.30. The summed E-state index contributed by atoms with van der Waals surface area (Å²) in [4.78, 5) is 11.6. The minimum absolute atomic E-state index is 0.167. The molecule has 0 saturated carbocycles. The molecule has 1 heterocycles. The number of carbonyl (C=O) groups is 1. The van der Waals surface area contributed by atoms with Crippen LogP contribution in [-0.4, -0.2) is 15.9 Å². The number of esters is 1. The highest BCUT2D eigenvalue weighted by molar-refractivity contribution is 7.13. The fraction of sp³-hybridized carbons (Fsp3) is 0.429. The van der Waals surface area contributed by atoms with Gasteiger partial charge in [-0.3, -0.25) is 4.79 Å². The van der Waals surface area contributed by atoms with Crippen LogP contribution in [0.15, 0.2) is 24.3 Å². The zero-order chi connectivity index (χ0) is 13.2. The van der Waals surface area contributed by atoms with Gasteiger partial charge < -0.3 is 4.74 Å². The standard InChI is InChI=1S/C14H17NO2S/c1-14(2,3)17-13(16)9-8-11-10-6-4-5-7-12(10)18-15-11/h4-7H,8-9H2,1-3H3. The van der Waals surface area contributed by atoms with E-state index in [-0.39, 0.29) is 5.97 Å². The zero-order valence-electron chi connectivity index (χ0n) is 10.9. The van der Waals surface area contributed by atoms with Crippen molar-refractivity contribution in [2.75, 3.05) is 0 Å². The van der Waals surface area contributed by atoms with Crippen molar-refractivity contribution in [1.29, 1.82) is 0 Å². The molecule has 3 nitrogen and oxygen atoms in total. The summed E-state index contributed by atoms with van der Waals surface area (Å²) in [6.07, 6.45) is 1.02. The Kier molecular flexibility index (Phi) is 3.66. The maximum Gasteiger partial charge on any atom is 0.306 e. The molecule has 0 aliphatic rings. The Labute approximate surface area is 111 Å². The van der Waals surface area contributed by atoms with Gasteiger partial charge in [0.1, 0.15) is 5.60 Å². The van der Waals surface area contributed by atoms with Crippen molar-refractivity contribution in [2.24, 2.45) is 0 Å². The monoisotopic (exact) mass is 263 g/mol. The minimum atomic E-state index is -0.415. The summed E-state index contributed by atoms with van der Waals surface area (Å²) >= 11 is 1.48. The molecule has 2 aromatic rings. The number of ether oxygens (including phenoxy) is 1. The molecule has 18 heavy (non-hydrogen) atoms. The SMILES string of the molecule is CC(C)(C)OC(=O)CCc1nsc2ccccc12. The highest BCUT2D eigenvalue weighted by Gasteiger charge is 2.16. The van der Waals surface area contributed by atoms with Crippen molar-refractivity contribution in [3.05, 3.63) is 30.0 Å². The first-order valence-corrected chi connectivity index (χ1v) is 6.78. The summed E-state index contributed by atoms with van der Waals surface area (Å²) in [5.74, 6) is -0.167. The molecule has 1 aromatic carbocycles. The van der Waals surface area contributed by atoms with Crippen molar-refractivity contribution in [2.45, 2.75) is 39.2 Å². The summed E-state index contributed by atoms with van der Waals surface area (Å²) < 4.78 is 10.8. The molecule has 96 valence electrons. The number of fused-ring (bicyclic) bond motifs is 1. The molecule has 4 heteroatoms. The fourth-order valence-corrected chi connectivity index (χ4v) is 2.55. The summed E-state index contributed by atoms with van der Waals surface area (Å²) in [5.41, 5.74) is 0.572. The first-order valence-electron chi connectivity index (χ1n) is 6.01. The third kappa shape index (κ3) is 3.29. The molecule has 0 N–H and O–H groups in total. The van der Waals surface area contributed by atoms with Crippen LogP contribution >= 0.6 is 11.5 Å². The normalized spacial score (nSPS) is 11.7. The average Bonchev–Trinajstić information content (AvgIpc) is 2.67. The van der Waals surface area contributed by atoms with E-state index >= 15 is 0 Å². The predicted molar refractivity (Wildman–Crippen MR) is 73.8 cm³/mol. The van der Waals surface area contributed by atoms with Gasteiger partial charge in [-0.05, 0) is 38.4 Å². The Hall–Kier alpha value is -1.42. The number of nitrogens with zero attached hydrogens (tertiary/aromatic N) is 1. The largest absolute Gasteiger partial charge is 0.460 e. The van der Waals surface area contributed by atoms with Crippen LogP contribution in [0, 0.1) is 0 Å². The van der Waals surface area contributed by atoms with E-state index in [1.807, 2.05) is 45.0 Å². The molecule has 0 radical (unpaired) electrons. The lowest BCUT2D eigenvalue weighted by atomic mass is 10.1. The average molecular weight is 263 g/mol. The first kappa shape index (κ1) is 13.0. The maximum atomic E-state index is 11.6. The Balaban J connectivity index is 2.00. The van der Waals surface area contributed by atoms with Gasteiger partial charge in [0.25, 0.3) is 0 Å². The third-order valence-electron chi connectivity index (χ3n) is 2.44. The molecule has 0 saturated heterocycles. The van der Waals surface area contributed by atoms with Crippen molar-refractivity contribution in [1.82, 2.24) is 4.37 Å². The lowest BCUT2D eigenvalue weighted by Gasteiger charge is -2.19. The molecule has 0 aliphatic carbocycles. The van der Waals surface area contributed by atoms with E-state index in [0.29, 0.717) is 12.8 Å². The van der Waals surface area contributed by atoms with Crippen LogP contribution in [0.25, 0.3) is 10.1 Å². The highest BCUT2D eigenvalue weighted by Crippen LogP contribution is 2.23. The number of carbonyl (C=O) groups excluding carboxylic acids is 1. The molecule has 1 aromatic heterocycles. The Morgan fingerprint density at radius 1 is 1.33 bits per heavy atom. The van der Waals surface area contributed by atoms with E-state index in [9.17, 15) is 4.79 Å². The van der Waals surface area contributed by atoms with E-state index in [0.717, 1.165) is 15.8 Å². The van der Waals surface area contributed by atoms with Crippen molar-refractivity contribution in [3.63, 3.8) is 0 Å². The van der Waals surface area contributed by atoms with Crippen LogP contribution in [0.1, 0.15) is 32.9 Å². The van der Waals surface area contributed by atoms with Gasteiger partial charge in [0.05, 0.1) is 16.8 Å². The molecule has 0 atom stereocenters. The number of hydrogen-bond acceptors (Lipinski definition) is 4. The molecule has 0 fully saturated rings. The number of hydrogen-bond donors (Lipinski definition) is 0. The van der Waals surface area contributed by atoms with Crippen molar-refractivity contribution in [3.8, 4) is 0 Å². The Morgan fingerprint density at radius 2 is 2.06 bits per heavy atom. The second kappa shape index (κ2) is 5.06. The lowest BCUT2D eigenvalue weighted by Crippen LogP contribution is -2.24. The second-order valence-corrected chi connectivity index (χ2v) is 6.02. The summed E-state index contributed by atoms with van der Waals surface area (Å²) in [6, 6.07) is 8.08. The molecular formula is C14H17NO2S. The molecule has 0 bridgehead atoms. The molecule has 0 spiro atoms. The van der Waals surface area contributed by atoms with Crippen molar-refractivity contribution >= 4 is 27.6 Å². The molecular weight excluding hydrogens is 246 g/mol. The van der Waals surface area contributed by atoms with Crippen molar-refractivity contribution < 1.29 is 9.53 Å². The van der Waals surface area contributed by atoms with Crippen LogP contribution in [-0.2, 0) is 16.0 Å². The van der Waals surface area contributed by atoms with Crippen LogP contribution < -0.4 is 0 Å². The molecule has 0 aliphatic heterocycles. The van der Waals surface area contributed by atoms with Crippen LogP contribution in [0.2, 0.25) is 0 Å². The highest BCUT2D eigenvalue weighted by atomic mass is 32.1. The molecule has 2 rings (SSSR count). The topological polar surface area (TPSA) is 39.2 Å². The van der Waals surface area contributed by atoms with E-state index in [2.05, 4.69) is 4.37 Å². The number of aromatic nitrogens is 1. The van der Waals surface area contributed by atoms with Gasteiger partial charge in [-0.1, -0.05) is 18.2 Å². The van der Waals surface area contributed by atoms with Crippen LogP contribution in [0.5, 0.6) is 0 Å². The van der Waals surface area contributed by atoms with Gasteiger partial charge in [-0.15, -0.1) is 0 Å². The van der Waals surface area contributed by atoms with Gasteiger partial charge in [0.2, 0.25) is 0 Å². The summed E-state index contributed by atoms with van der Waals surface area (Å²) in [5, 5.41) is 1.14. The quantitative estimate of drug-likeness (QED) is 0.795. The van der Waals surface area contributed by atoms with E-state index in [1.165, 1.54) is 11.5 Å². The minimum Gasteiger partial charge on any atom is -0.460 e. The maximum absolute atomic E-state index is 11.6. The summed E-state index contributed by atoms with van der Waals surface area (Å²) in [7, 11) is 0. The van der Waals surface area contributed by atoms with E-state index in [4.69, 9.17) is 4.74 Å². The van der Waals surface area contributed by atoms with Gasteiger partial charge in [-0.2, -0.15) is 4.37 Å². The van der Waals surface area contributed by atoms with Gasteiger partial charge in [-0.25, -0.2) is 0 Å². The smallest absolute Gasteiger partial charge is 0.306 e. The Bertz CT molecular complexity index is 554. The second-order valence-electron chi connectivity index (χ2n) is 5.21. The van der Waals surface area contributed by atoms with Gasteiger partial charge in [0, 0.05) is 11.8 Å². The lowest BCUT2D eigenvalue weighted by molar-refractivity contribution is -0.154. The van der Waals surface area contributed by atoms with Crippen LogP contribution in [0.3, 0.4) is 0 Å². The molecule has 0 unspecified atom stereocenters. The zero-order valence-corrected chi connectivity index (χ0v) is 11.7. The number of aryl methyl sites for hydroxylation is 1. The molecule has 0 amide bonds. The predicted octanol–water partition coefficient (Wildman–Crippen LogP) is 3.57. The number of benzene rings is 1. The summed E-state index contributed by atoms with van der Waals surface area (Å²) in [6.45, 7) is 5.63. The fourth-order valence-electron chi connectivity index (χ4n) is 1.73.